The van der Waals surface area contributed by atoms with Crippen molar-refractivity contribution in [2.45, 2.75) is 82.4 Å². The first-order chi connectivity index (χ1) is 8.93. The molecule has 0 N–H and O–H groups in total. The van der Waals surface area contributed by atoms with Crippen LogP contribution in [0.25, 0.3) is 0 Å². The molecule has 2 rings (SSSR count). The normalized spacial score (nSPS) is 37.2. The first kappa shape index (κ1) is 16.7. The lowest BCUT2D eigenvalue weighted by atomic mass is 10.2. The van der Waals surface area contributed by atoms with Crippen LogP contribution in [0.5, 0.6) is 0 Å². The molecule has 2 unspecified atom stereocenters. The molecule has 0 aromatic rings. The summed E-state index contributed by atoms with van der Waals surface area (Å²) in [6.07, 6.45) is -0.504. The maximum absolute atomic E-state index is 6.22. The van der Waals surface area contributed by atoms with Crippen molar-refractivity contribution in [1.29, 1.82) is 0 Å². The summed E-state index contributed by atoms with van der Waals surface area (Å²) in [6, 6.07) is 0. The summed E-state index contributed by atoms with van der Waals surface area (Å²) in [5.41, 5.74) is -0.463. The van der Waals surface area contributed by atoms with Crippen LogP contribution in [0.1, 0.15) is 34.6 Å². The molecule has 0 radical (unpaired) electrons. The summed E-state index contributed by atoms with van der Waals surface area (Å²) < 4.78 is 23.7. The molecule has 0 amide bonds. The van der Waals surface area contributed by atoms with Crippen molar-refractivity contribution in [2.75, 3.05) is 6.61 Å². The average Bonchev–Trinajstić information content (AvgIpc) is 2.70. The topological polar surface area (TPSA) is 36.9 Å². The van der Waals surface area contributed by atoms with Crippen LogP contribution < -0.4 is 0 Å². The molecule has 2 aliphatic heterocycles. The van der Waals surface area contributed by atoms with Gasteiger partial charge in [0.1, 0.15) is 18.3 Å². The maximum Gasteiger partial charge on any atom is 0.192 e. The Kier molecular flexibility index (Phi) is 4.36. The van der Waals surface area contributed by atoms with Gasteiger partial charge in [-0.3, -0.25) is 0 Å². The minimum Gasteiger partial charge on any atom is -0.414 e. The van der Waals surface area contributed by atoms with E-state index >= 15 is 0 Å². The third kappa shape index (κ3) is 3.23. The van der Waals surface area contributed by atoms with Crippen LogP contribution in [-0.4, -0.2) is 44.6 Å². The minimum absolute atomic E-state index is 0.141. The van der Waals surface area contributed by atoms with Gasteiger partial charge in [-0.25, -0.2) is 0 Å². The Labute approximate surface area is 128 Å². The van der Waals surface area contributed by atoms with Crippen molar-refractivity contribution >= 4 is 19.9 Å². The summed E-state index contributed by atoms with van der Waals surface area (Å²) in [4.78, 5) is 0. The molecule has 2 saturated heterocycles. The Morgan fingerprint density at radius 2 is 1.70 bits per heavy atom. The van der Waals surface area contributed by atoms with Gasteiger partial charge in [0.25, 0.3) is 0 Å². The predicted molar refractivity (Wildman–Crippen MR) is 81.5 cm³/mol. The number of halogens is 1. The zero-order valence-electron chi connectivity index (χ0n) is 13.5. The van der Waals surface area contributed by atoms with Crippen molar-refractivity contribution in [3.63, 3.8) is 0 Å². The zero-order chi connectivity index (χ0) is 15.3. The molecule has 0 saturated carbocycles. The Morgan fingerprint density at radius 3 is 2.25 bits per heavy atom. The van der Waals surface area contributed by atoms with Crippen molar-refractivity contribution in [3.05, 3.63) is 0 Å². The fourth-order valence-corrected chi connectivity index (χ4v) is 3.61. The lowest BCUT2D eigenvalue weighted by molar-refractivity contribution is -0.181. The third-order valence-corrected chi connectivity index (χ3v) is 9.36. The van der Waals surface area contributed by atoms with Crippen molar-refractivity contribution in [2.24, 2.45) is 0 Å². The molecule has 2 aliphatic rings. The highest BCUT2D eigenvalue weighted by molar-refractivity contribution is 6.74. The molecule has 2 heterocycles. The van der Waals surface area contributed by atoms with E-state index in [9.17, 15) is 0 Å². The van der Waals surface area contributed by atoms with Crippen LogP contribution in [-0.2, 0) is 18.6 Å². The summed E-state index contributed by atoms with van der Waals surface area (Å²) in [5, 5.41) is 0.178. The predicted octanol–water partition coefficient (Wildman–Crippen LogP) is 3.49. The molecule has 0 aromatic carbocycles. The minimum atomic E-state index is -1.79. The second-order valence-corrected chi connectivity index (χ2v) is 12.9. The van der Waals surface area contributed by atoms with E-state index in [4.69, 9.17) is 30.2 Å². The van der Waals surface area contributed by atoms with Crippen molar-refractivity contribution in [1.82, 2.24) is 0 Å². The van der Waals surface area contributed by atoms with E-state index in [1.807, 2.05) is 13.8 Å². The molecule has 6 heteroatoms. The van der Waals surface area contributed by atoms with E-state index in [0.29, 0.717) is 6.61 Å². The van der Waals surface area contributed by atoms with E-state index in [2.05, 4.69) is 33.9 Å². The van der Waals surface area contributed by atoms with E-state index in [0.717, 1.165) is 0 Å². The van der Waals surface area contributed by atoms with Crippen LogP contribution in [0.2, 0.25) is 18.1 Å². The van der Waals surface area contributed by atoms with E-state index in [1.54, 1.807) is 0 Å². The number of alkyl halides is 1. The van der Waals surface area contributed by atoms with Gasteiger partial charge in [-0.2, -0.15) is 0 Å². The highest BCUT2D eigenvalue weighted by Gasteiger charge is 2.55. The van der Waals surface area contributed by atoms with Gasteiger partial charge in [0.15, 0.2) is 19.7 Å². The first-order valence-electron chi connectivity index (χ1n) is 7.22. The molecule has 0 spiro atoms. The van der Waals surface area contributed by atoms with Crippen LogP contribution in [0.3, 0.4) is 0 Å². The van der Waals surface area contributed by atoms with Gasteiger partial charge in [0.05, 0.1) is 6.61 Å². The highest BCUT2D eigenvalue weighted by Crippen LogP contribution is 2.41. The number of fused-ring (bicyclic) bond motifs is 1. The molecule has 0 bridgehead atoms. The summed E-state index contributed by atoms with van der Waals surface area (Å²) >= 11 is 6.20. The van der Waals surface area contributed by atoms with Crippen LogP contribution in [0.15, 0.2) is 0 Å². The van der Waals surface area contributed by atoms with Gasteiger partial charge in [-0.05, 0) is 32.0 Å². The first-order valence-corrected chi connectivity index (χ1v) is 10.6. The summed E-state index contributed by atoms with van der Waals surface area (Å²) in [7, 11) is -1.79. The number of rotatable bonds is 3. The summed E-state index contributed by atoms with van der Waals surface area (Å²) in [5.74, 6) is -0.596. The maximum atomic E-state index is 6.22. The lowest BCUT2D eigenvalue weighted by Gasteiger charge is -2.37. The Balaban J connectivity index is 1.98. The second-order valence-electron chi connectivity index (χ2n) is 7.66. The van der Waals surface area contributed by atoms with E-state index in [1.165, 1.54) is 0 Å². The number of hydrogen-bond acceptors (Lipinski definition) is 4. The molecular weight excluding hydrogens is 296 g/mol. The molecule has 118 valence electrons. The Morgan fingerprint density at radius 1 is 1.15 bits per heavy atom. The molecule has 4 nitrogen and oxygen atoms in total. The molecular formula is C14H27ClO4Si. The van der Waals surface area contributed by atoms with Gasteiger partial charge in [0.2, 0.25) is 0 Å². The molecule has 2 fully saturated rings. The third-order valence-electron chi connectivity index (χ3n) is 4.51. The van der Waals surface area contributed by atoms with Crippen LogP contribution >= 0.6 is 11.6 Å². The fourth-order valence-electron chi connectivity index (χ4n) is 2.27. The molecule has 4 atom stereocenters. The van der Waals surface area contributed by atoms with Gasteiger partial charge < -0.3 is 18.6 Å². The monoisotopic (exact) mass is 322 g/mol. The van der Waals surface area contributed by atoms with Crippen molar-refractivity contribution in [3.8, 4) is 0 Å². The fraction of sp³-hybridized carbons (Fsp3) is 1.00. The zero-order valence-corrected chi connectivity index (χ0v) is 15.3. The smallest absolute Gasteiger partial charge is 0.192 e. The van der Waals surface area contributed by atoms with E-state index in [-0.39, 0.29) is 23.4 Å². The standard InChI is InChI=1S/C14H27ClO4Si/c1-13(2,3)20(6,7)16-8-9-10-11(12(15)17-9)19-14(4,5)18-10/h9-12H,8H2,1-7H3/t9-,10?,11?,12+/m1/s1. The van der Waals surface area contributed by atoms with Crippen molar-refractivity contribution < 1.29 is 18.6 Å². The molecule has 0 aliphatic carbocycles. The second kappa shape index (κ2) is 5.21. The SMILES string of the molecule is CC1(C)OC2C(O1)[C@@H](CO[Si](C)(C)C(C)(C)C)O[C@@H]2Cl. The molecule has 0 aromatic heterocycles. The van der Waals surface area contributed by atoms with Gasteiger partial charge in [-0.1, -0.05) is 32.4 Å². The summed E-state index contributed by atoms with van der Waals surface area (Å²) in [6.45, 7) is 15.4. The van der Waals surface area contributed by atoms with Gasteiger partial charge in [0, 0.05) is 0 Å². The Hall–Kier alpha value is 0.347. The lowest BCUT2D eigenvalue weighted by Crippen LogP contribution is -2.44. The number of hydrogen-bond donors (Lipinski definition) is 0. The average molecular weight is 323 g/mol. The van der Waals surface area contributed by atoms with Gasteiger partial charge in [-0.15, -0.1) is 0 Å². The van der Waals surface area contributed by atoms with Crippen LogP contribution in [0.4, 0.5) is 0 Å². The quantitative estimate of drug-likeness (QED) is 0.588. The number of ether oxygens (including phenoxy) is 3. The van der Waals surface area contributed by atoms with Gasteiger partial charge >= 0.3 is 0 Å². The van der Waals surface area contributed by atoms with Crippen LogP contribution in [0, 0.1) is 0 Å². The molecule has 20 heavy (non-hydrogen) atoms. The largest absolute Gasteiger partial charge is 0.414 e. The Bertz CT molecular complexity index is 367. The van der Waals surface area contributed by atoms with E-state index < -0.39 is 19.7 Å². The highest BCUT2D eigenvalue weighted by atomic mass is 35.5.